The minimum atomic E-state index is 0.259. The summed E-state index contributed by atoms with van der Waals surface area (Å²) < 4.78 is 0.991. The molecule has 1 unspecified atom stereocenters. The van der Waals surface area contributed by atoms with Gasteiger partial charge in [0.1, 0.15) is 5.82 Å². The molecule has 0 spiro atoms. The first-order valence-electron chi connectivity index (χ1n) is 5.19. The molecule has 3 heteroatoms. The van der Waals surface area contributed by atoms with Crippen LogP contribution in [0.3, 0.4) is 0 Å². The molecule has 0 saturated heterocycles. The van der Waals surface area contributed by atoms with Gasteiger partial charge in [-0.25, -0.2) is 4.98 Å². The first-order chi connectivity index (χ1) is 7.75. The Bertz CT molecular complexity index is 439. The van der Waals surface area contributed by atoms with Crippen LogP contribution in [0.2, 0.25) is 0 Å². The van der Waals surface area contributed by atoms with Crippen molar-refractivity contribution in [3.63, 3.8) is 0 Å². The van der Waals surface area contributed by atoms with Gasteiger partial charge in [0, 0.05) is 16.7 Å². The van der Waals surface area contributed by atoms with Crippen molar-refractivity contribution in [2.24, 2.45) is 0 Å². The van der Waals surface area contributed by atoms with Crippen LogP contribution in [0, 0.1) is 0 Å². The van der Waals surface area contributed by atoms with Crippen LogP contribution in [0.5, 0.6) is 0 Å². The van der Waals surface area contributed by atoms with E-state index in [1.807, 2.05) is 30.3 Å². The van der Waals surface area contributed by atoms with E-state index in [-0.39, 0.29) is 6.04 Å². The van der Waals surface area contributed by atoms with Crippen molar-refractivity contribution in [2.45, 2.75) is 13.0 Å². The number of aromatic nitrogens is 1. The highest BCUT2D eigenvalue weighted by Crippen LogP contribution is 2.18. The average molecular weight is 277 g/mol. The second-order valence-electron chi connectivity index (χ2n) is 3.64. The van der Waals surface area contributed by atoms with Gasteiger partial charge in [-0.3, -0.25) is 0 Å². The third kappa shape index (κ3) is 2.83. The number of benzene rings is 1. The summed E-state index contributed by atoms with van der Waals surface area (Å²) in [6.07, 6.45) is 1.79. The van der Waals surface area contributed by atoms with Crippen molar-refractivity contribution in [3.8, 4) is 0 Å². The lowest BCUT2D eigenvalue weighted by Crippen LogP contribution is -2.07. The summed E-state index contributed by atoms with van der Waals surface area (Å²) in [5, 5.41) is 3.35. The first-order valence-corrected chi connectivity index (χ1v) is 5.98. The van der Waals surface area contributed by atoms with Crippen molar-refractivity contribution >= 4 is 21.7 Å². The van der Waals surface area contributed by atoms with E-state index in [1.54, 1.807) is 6.20 Å². The lowest BCUT2D eigenvalue weighted by molar-refractivity contribution is 0.874. The molecule has 16 heavy (non-hydrogen) atoms. The molecule has 1 aromatic heterocycles. The lowest BCUT2D eigenvalue weighted by atomic mass is 10.1. The summed E-state index contributed by atoms with van der Waals surface area (Å²) in [4.78, 5) is 4.29. The Morgan fingerprint density at radius 2 is 1.88 bits per heavy atom. The summed E-state index contributed by atoms with van der Waals surface area (Å²) in [6.45, 7) is 2.12. The van der Waals surface area contributed by atoms with Gasteiger partial charge in [0.25, 0.3) is 0 Å². The zero-order valence-electron chi connectivity index (χ0n) is 9.02. The van der Waals surface area contributed by atoms with E-state index in [2.05, 4.69) is 45.3 Å². The van der Waals surface area contributed by atoms with Gasteiger partial charge in [0.05, 0.1) is 0 Å². The predicted octanol–water partition coefficient (Wildman–Crippen LogP) is 4.02. The standard InChI is InChI=1S/C13H13BrN2/c1-10(11-5-3-2-4-6-11)16-13-8-7-12(14)9-15-13/h2-10H,1H3,(H,15,16). The molecule has 0 aliphatic carbocycles. The van der Waals surface area contributed by atoms with Gasteiger partial charge >= 0.3 is 0 Å². The van der Waals surface area contributed by atoms with Crippen molar-refractivity contribution < 1.29 is 0 Å². The van der Waals surface area contributed by atoms with Crippen LogP contribution in [0.15, 0.2) is 53.1 Å². The molecule has 1 N–H and O–H groups in total. The monoisotopic (exact) mass is 276 g/mol. The van der Waals surface area contributed by atoms with E-state index >= 15 is 0 Å². The molecular formula is C13H13BrN2. The van der Waals surface area contributed by atoms with Crippen LogP contribution in [-0.2, 0) is 0 Å². The number of hydrogen-bond acceptors (Lipinski definition) is 2. The topological polar surface area (TPSA) is 24.9 Å². The molecule has 1 atom stereocenters. The molecule has 0 radical (unpaired) electrons. The Morgan fingerprint density at radius 1 is 1.12 bits per heavy atom. The molecule has 0 amide bonds. The maximum atomic E-state index is 4.29. The number of nitrogens with one attached hydrogen (secondary N) is 1. The molecule has 2 aromatic rings. The van der Waals surface area contributed by atoms with Crippen LogP contribution < -0.4 is 5.32 Å². The summed E-state index contributed by atoms with van der Waals surface area (Å²) in [5.74, 6) is 0.888. The van der Waals surface area contributed by atoms with Crippen LogP contribution in [0.25, 0.3) is 0 Å². The van der Waals surface area contributed by atoms with Gasteiger partial charge in [0.2, 0.25) is 0 Å². The molecule has 82 valence electrons. The van der Waals surface area contributed by atoms with Crippen LogP contribution in [0.1, 0.15) is 18.5 Å². The second kappa shape index (κ2) is 5.12. The van der Waals surface area contributed by atoms with E-state index in [0.717, 1.165) is 10.3 Å². The molecular weight excluding hydrogens is 264 g/mol. The van der Waals surface area contributed by atoms with Gasteiger partial charge in [-0.1, -0.05) is 30.3 Å². The quantitative estimate of drug-likeness (QED) is 0.916. The largest absolute Gasteiger partial charge is 0.364 e. The Labute approximate surface area is 104 Å². The van der Waals surface area contributed by atoms with Gasteiger partial charge in [0.15, 0.2) is 0 Å². The Morgan fingerprint density at radius 3 is 2.50 bits per heavy atom. The molecule has 0 aliphatic rings. The number of halogens is 1. The Kier molecular flexibility index (Phi) is 3.57. The SMILES string of the molecule is CC(Nc1ccc(Br)cn1)c1ccccc1. The van der Waals surface area contributed by atoms with Crippen molar-refractivity contribution in [1.82, 2.24) is 4.98 Å². The average Bonchev–Trinajstić information content (AvgIpc) is 2.33. The summed E-state index contributed by atoms with van der Waals surface area (Å²) in [6, 6.07) is 14.5. The fraction of sp³-hybridized carbons (Fsp3) is 0.154. The number of anilines is 1. The summed E-state index contributed by atoms with van der Waals surface area (Å²) in [7, 11) is 0. The highest BCUT2D eigenvalue weighted by Gasteiger charge is 2.04. The highest BCUT2D eigenvalue weighted by molar-refractivity contribution is 9.10. The second-order valence-corrected chi connectivity index (χ2v) is 4.55. The van der Waals surface area contributed by atoms with E-state index in [4.69, 9.17) is 0 Å². The zero-order chi connectivity index (χ0) is 11.4. The highest BCUT2D eigenvalue weighted by atomic mass is 79.9. The van der Waals surface area contributed by atoms with E-state index in [0.29, 0.717) is 0 Å². The molecule has 1 heterocycles. The van der Waals surface area contributed by atoms with Gasteiger partial charge in [-0.15, -0.1) is 0 Å². The van der Waals surface area contributed by atoms with Gasteiger partial charge in [-0.05, 0) is 40.5 Å². The fourth-order valence-corrected chi connectivity index (χ4v) is 1.74. The molecule has 0 bridgehead atoms. The van der Waals surface area contributed by atoms with E-state index in [1.165, 1.54) is 5.56 Å². The summed E-state index contributed by atoms with van der Waals surface area (Å²) >= 11 is 3.37. The number of pyridine rings is 1. The predicted molar refractivity (Wildman–Crippen MR) is 70.4 cm³/mol. The Hall–Kier alpha value is -1.35. The maximum absolute atomic E-state index is 4.29. The van der Waals surface area contributed by atoms with Gasteiger partial charge < -0.3 is 5.32 Å². The third-order valence-electron chi connectivity index (χ3n) is 2.39. The molecule has 0 aliphatic heterocycles. The maximum Gasteiger partial charge on any atom is 0.126 e. The Balaban J connectivity index is 2.08. The number of hydrogen-bond donors (Lipinski definition) is 1. The van der Waals surface area contributed by atoms with E-state index in [9.17, 15) is 0 Å². The molecule has 2 nitrogen and oxygen atoms in total. The molecule has 2 rings (SSSR count). The van der Waals surface area contributed by atoms with Crippen molar-refractivity contribution in [3.05, 3.63) is 58.7 Å². The normalized spacial score (nSPS) is 12.1. The molecule has 0 saturated carbocycles. The zero-order valence-corrected chi connectivity index (χ0v) is 10.6. The van der Waals surface area contributed by atoms with Crippen molar-refractivity contribution in [1.29, 1.82) is 0 Å². The smallest absolute Gasteiger partial charge is 0.126 e. The minimum absolute atomic E-state index is 0.259. The number of rotatable bonds is 3. The summed E-state index contributed by atoms with van der Waals surface area (Å²) in [5.41, 5.74) is 1.26. The van der Waals surface area contributed by atoms with Gasteiger partial charge in [-0.2, -0.15) is 0 Å². The third-order valence-corrected chi connectivity index (χ3v) is 2.86. The lowest BCUT2D eigenvalue weighted by Gasteiger charge is -2.14. The fourth-order valence-electron chi connectivity index (χ4n) is 1.51. The van der Waals surface area contributed by atoms with Crippen molar-refractivity contribution in [2.75, 3.05) is 5.32 Å². The molecule has 1 aromatic carbocycles. The first kappa shape index (κ1) is 11.1. The van der Waals surface area contributed by atoms with Crippen LogP contribution >= 0.6 is 15.9 Å². The van der Waals surface area contributed by atoms with E-state index < -0.39 is 0 Å². The van der Waals surface area contributed by atoms with Crippen LogP contribution in [0.4, 0.5) is 5.82 Å². The number of nitrogens with zero attached hydrogens (tertiary/aromatic N) is 1. The minimum Gasteiger partial charge on any atom is -0.364 e. The molecule has 0 fully saturated rings. The van der Waals surface area contributed by atoms with Crippen LogP contribution in [-0.4, -0.2) is 4.98 Å².